The van der Waals surface area contributed by atoms with Crippen molar-refractivity contribution in [2.24, 2.45) is 4.99 Å². The van der Waals surface area contributed by atoms with Gasteiger partial charge in [0.15, 0.2) is 0 Å². The van der Waals surface area contributed by atoms with Crippen LogP contribution in [0.25, 0.3) is 11.0 Å². The molecule has 2 N–H and O–H groups in total. The van der Waals surface area contributed by atoms with Gasteiger partial charge in [-0.2, -0.15) is 0 Å². The molecule has 3 rings (SSSR count). The first-order valence-electron chi connectivity index (χ1n) is 5.70. The van der Waals surface area contributed by atoms with Gasteiger partial charge in [0.05, 0.1) is 11.0 Å². The molecule has 1 aromatic heterocycles. The van der Waals surface area contributed by atoms with E-state index >= 15 is 0 Å². The molecule has 0 unspecified atom stereocenters. The molecule has 0 radical (unpaired) electrons. The molecule has 2 aromatic carbocycles. The fraction of sp³-hybridized carbons (Fsp3) is 0. The number of para-hydroxylation sites is 2. The lowest BCUT2D eigenvalue weighted by atomic mass is 10.2. The van der Waals surface area contributed by atoms with Gasteiger partial charge in [-0.3, -0.25) is 0 Å². The molecular formula is C14H10BrN3O. The zero-order chi connectivity index (χ0) is 13.2. The number of imidazole rings is 1. The predicted octanol–water partition coefficient (Wildman–Crippen LogP) is 3.78. The molecule has 19 heavy (non-hydrogen) atoms. The maximum Gasteiger partial charge on any atom is 0.227 e. The average Bonchev–Trinajstić information content (AvgIpc) is 2.80. The Morgan fingerprint density at radius 2 is 2.05 bits per heavy atom. The van der Waals surface area contributed by atoms with E-state index in [0.29, 0.717) is 11.5 Å². The van der Waals surface area contributed by atoms with Crippen molar-refractivity contribution < 1.29 is 5.11 Å². The van der Waals surface area contributed by atoms with Crippen molar-refractivity contribution >= 4 is 39.1 Å². The van der Waals surface area contributed by atoms with Gasteiger partial charge < -0.3 is 10.1 Å². The van der Waals surface area contributed by atoms with E-state index in [2.05, 4.69) is 30.9 Å². The SMILES string of the molecule is Oc1cc(Br)ccc1C=Nc1nc2ccccc2[nH]1. The predicted molar refractivity (Wildman–Crippen MR) is 79.2 cm³/mol. The minimum atomic E-state index is 0.175. The highest BCUT2D eigenvalue weighted by Gasteiger charge is 2.01. The first kappa shape index (κ1) is 11.9. The first-order chi connectivity index (χ1) is 9.22. The molecule has 0 aliphatic heterocycles. The normalized spacial score (nSPS) is 11.4. The van der Waals surface area contributed by atoms with Crippen molar-refractivity contribution in [3.8, 4) is 5.75 Å². The Morgan fingerprint density at radius 3 is 2.84 bits per heavy atom. The van der Waals surface area contributed by atoms with Crippen LogP contribution in [0.15, 0.2) is 51.9 Å². The monoisotopic (exact) mass is 315 g/mol. The number of nitrogens with zero attached hydrogens (tertiary/aromatic N) is 2. The van der Waals surface area contributed by atoms with Crippen LogP contribution >= 0.6 is 15.9 Å². The molecule has 0 saturated carbocycles. The van der Waals surface area contributed by atoms with Crippen molar-refractivity contribution in [1.29, 1.82) is 0 Å². The third-order valence-electron chi connectivity index (χ3n) is 2.70. The minimum Gasteiger partial charge on any atom is -0.507 e. The van der Waals surface area contributed by atoms with E-state index in [9.17, 15) is 5.11 Å². The van der Waals surface area contributed by atoms with Gasteiger partial charge in [0, 0.05) is 16.3 Å². The quantitative estimate of drug-likeness (QED) is 0.707. The van der Waals surface area contributed by atoms with Crippen LogP contribution in [0, 0.1) is 0 Å². The number of hydrogen-bond donors (Lipinski definition) is 2. The van der Waals surface area contributed by atoms with Crippen LogP contribution in [0.5, 0.6) is 5.75 Å². The van der Waals surface area contributed by atoms with Crippen molar-refractivity contribution in [3.05, 3.63) is 52.5 Å². The fourth-order valence-electron chi connectivity index (χ4n) is 1.76. The molecule has 0 aliphatic rings. The van der Waals surface area contributed by atoms with Crippen LogP contribution in [-0.4, -0.2) is 21.3 Å². The molecule has 5 heteroatoms. The van der Waals surface area contributed by atoms with E-state index in [1.807, 2.05) is 30.3 Å². The van der Waals surface area contributed by atoms with E-state index < -0.39 is 0 Å². The second-order valence-electron chi connectivity index (χ2n) is 4.04. The number of phenols is 1. The molecule has 0 fully saturated rings. The lowest BCUT2D eigenvalue weighted by Crippen LogP contribution is -1.82. The maximum atomic E-state index is 9.76. The van der Waals surface area contributed by atoms with Gasteiger partial charge in [0.1, 0.15) is 5.75 Å². The lowest BCUT2D eigenvalue weighted by molar-refractivity contribution is 0.474. The number of halogens is 1. The number of aromatic nitrogens is 2. The standard InChI is InChI=1S/C14H10BrN3O/c15-10-6-5-9(13(19)7-10)8-16-14-17-11-3-1-2-4-12(11)18-14/h1-8,19H,(H,17,18). The van der Waals surface area contributed by atoms with Gasteiger partial charge in [-0.05, 0) is 30.3 Å². The largest absolute Gasteiger partial charge is 0.507 e. The highest BCUT2D eigenvalue weighted by Crippen LogP contribution is 2.22. The van der Waals surface area contributed by atoms with Crippen LogP contribution in [0.1, 0.15) is 5.56 Å². The van der Waals surface area contributed by atoms with Gasteiger partial charge in [-0.25, -0.2) is 9.98 Å². The van der Waals surface area contributed by atoms with Crippen LogP contribution in [0.4, 0.5) is 5.95 Å². The zero-order valence-corrected chi connectivity index (χ0v) is 11.4. The summed E-state index contributed by atoms with van der Waals surface area (Å²) in [6.07, 6.45) is 1.58. The molecule has 3 aromatic rings. The number of hydrogen-bond acceptors (Lipinski definition) is 3. The van der Waals surface area contributed by atoms with Gasteiger partial charge in [-0.1, -0.05) is 28.1 Å². The Labute approximate surface area is 118 Å². The smallest absolute Gasteiger partial charge is 0.227 e. The highest BCUT2D eigenvalue weighted by atomic mass is 79.9. The Bertz CT molecular complexity index is 731. The molecular weight excluding hydrogens is 306 g/mol. The molecule has 0 spiro atoms. The van der Waals surface area contributed by atoms with E-state index in [0.717, 1.165) is 15.5 Å². The number of phenolic OH excluding ortho intramolecular Hbond substituents is 1. The van der Waals surface area contributed by atoms with Gasteiger partial charge in [-0.15, -0.1) is 0 Å². The Morgan fingerprint density at radius 1 is 1.21 bits per heavy atom. The number of benzene rings is 2. The molecule has 0 amide bonds. The maximum absolute atomic E-state index is 9.76. The van der Waals surface area contributed by atoms with E-state index in [4.69, 9.17) is 0 Å². The number of aliphatic imine (C=N–C) groups is 1. The highest BCUT2D eigenvalue weighted by molar-refractivity contribution is 9.10. The van der Waals surface area contributed by atoms with Gasteiger partial charge >= 0.3 is 0 Å². The summed E-state index contributed by atoms with van der Waals surface area (Å²) in [5.74, 6) is 0.692. The Hall–Kier alpha value is -2.14. The molecule has 0 saturated heterocycles. The third-order valence-corrected chi connectivity index (χ3v) is 3.19. The number of aromatic hydroxyl groups is 1. The van der Waals surface area contributed by atoms with Crippen molar-refractivity contribution in [2.75, 3.05) is 0 Å². The summed E-state index contributed by atoms with van der Waals surface area (Å²) in [6.45, 7) is 0. The summed E-state index contributed by atoms with van der Waals surface area (Å²) in [4.78, 5) is 11.7. The molecule has 94 valence electrons. The number of fused-ring (bicyclic) bond motifs is 1. The summed E-state index contributed by atoms with van der Waals surface area (Å²) in [7, 11) is 0. The van der Waals surface area contributed by atoms with E-state index in [-0.39, 0.29) is 5.75 Å². The third kappa shape index (κ3) is 2.51. The molecule has 0 atom stereocenters. The van der Waals surface area contributed by atoms with Crippen LogP contribution < -0.4 is 0 Å². The van der Waals surface area contributed by atoms with Gasteiger partial charge in [0.2, 0.25) is 5.95 Å². The number of H-pyrrole nitrogens is 1. The zero-order valence-electron chi connectivity index (χ0n) is 9.84. The Kier molecular flexibility index (Phi) is 3.05. The summed E-state index contributed by atoms with van der Waals surface area (Å²) in [5, 5.41) is 9.76. The minimum absolute atomic E-state index is 0.175. The first-order valence-corrected chi connectivity index (χ1v) is 6.49. The summed E-state index contributed by atoms with van der Waals surface area (Å²) in [6, 6.07) is 13.0. The average molecular weight is 316 g/mol. The van der Waals surface area contributed by atoms with Crippen molar-refractivity contribution in [2.45, 2.75) is 0 Å². The van der Waals surface area contributed by atoms with E-state index in [1.54, 1.807) is 18.3 Å². The van der Waals surface area contributed by atoms with Crippen LogP contribution in [0.3, 0.4) is 0 Å². The molecule has 0 bridgehead atoms. The summed E-state index contributed by atoms with van der Waals surface area (Å²) in [5.41, 5.74) is 2.45. The fourth-order valence-corrected chi connectivity index (χ4v) is 2.11. The molecule has 1 heterocycles. The molecule has 4 nitrogen and oxygen atoms in total. The van der Waals surface area contributed by atoms with Crippen molar-refractivity contribution in [1.82, 2.24) is 9.97 Å². The Balaban J connectivity index is 1.93. The lowest BCUT2D eigenvalue weighted by Gasteiger charge is -1.97. The number of rotatable bonds is 2. The summed E-state index contributed by atoms with van der Waals surface area (Å²) < 4.78 is 0.825. The van der Waals surface area contributed by atoms with Crippen LogP contribution in [-0.2, 0) is 0 Å². The van der Waals surface area contributed by atoms with E-state index in [1.165, 1.54) is 0 Å². The number of nitrogens with one attached hydrogen (secondary N) is 1. The van der Waals surface area contributed by atoms with Crippen LogP contribution in [0.2, 0.25) is 0 Å². The topological polar surface area (TPSA) is 61.3 Å². The number of aromatic amines is 1. The second kappa shape index (κ2) is 4.85. The van der Waals surface area contributed by atoms with Crippen molar-refractivity contribution in [3.63, 3.8) is 0 Å². The second-order valence-corrected chi connectivity index (χ2v) is 4.95. The molecule has 0 aliphatic carbocycles. The summed E-state index contributed by atoms with van der Waals surface area (Å²) >= 11 is 3.29. The van der Waals surface area contributed by atoms with Gasteiger partial charge in [0.25, 0.3) is 0 Å².